The fourth-order valence-corrected chi connectivity index (χ4v) is 2.21. The molecule has 1 aromatic heterocycles. The van der Waals surface area contributed by atoms with Gasteiger partial charge in [-0.05, 0) is 31.5 Å². The summed E-state index contributed by atoms with van der Waals surface area (Å²) < 4.78 is 1.59. The highest BCUT2D eigenvalue weighted by molar-refractivity contribution is 6.30. The molecule has 2 rings (SSSR count). The fourth-order valence-electron chi connectivity index (χ4n) is 2.02. The largest absolute Gasteiger partial charge is 0.351 e. The Balaban J connectivity index is 2.11. The van der Waals surface area contributed by atoms with Crippen molar-refractivity contribution in [2.24, 2.45) is 0 Å². The SMILES string of the molecule is CCCNC(=O)c1nn(CC)cc1NC(=O)Nc1cccc(Cl)c1. The summed E-state index contributed by atoms with van der Waals surface area (Å²) in [7, 11) is 0. The van der Waals surface area contributed by atoms with Crippen molar-refractivity contribution in [1.82, 2.24) is 15.1 Å². The van der Waals surface area contributed by atoms with Crippen LogP contribution in [0.25, 0.3) is 0 Å². The number of nitrogens with zero attached hydrogens (tertiary/aromatic N) is 2. The maximum Gasteiger partial charge on any atom is 0.323 e. The Hall–Kier alpha value is -2.54. The third-order valence-corrected chi connectivity index (χ3v) is 3.40. The normalized spacial score (nSPS) is 10.3. The molecule has 0 fully saturated rings. The van der Waals surface area contributed by atoms with Crippen LogP contribution in [0.15, 0.2) is 30.5 Å². The molecule has 0 saturated carbocycles. The minimum atomic E-state index is -0.475. The summed E-state index contributed by atoms with van der Waals surface area (Å²) >= 11 is 5.89. The topological polar surface area (TPSA) is 88.1 Å². The average Bonchev–Trinajstić information content (AvgIpc) is 2.95. The van der Waals surface area contributed by atoms with Gasteiger partial charge in [0.1, 0.15) is 0 Å². The predicted octanol–water partition coefficient (Wildman–Crippen LogP) is 3.34. The van der Waals surface area contributed by atoms with Gasteiger partial charge in [-0.25, -0.2) is 4.79 Å². The molecule has 1 heterocycles. The van der Waals surface area contributed by atoms with Crippen molar-refractivity contribution in [2.75, 3.05) is 17.2 Å². The van der Waals surface area contributed by atoms with Gasteiger partial charge in [0.15, 0.2) is 5.69 Å². The number of benzene rings is 1. The molecular weight excluding hydrogens is 330 g/mol. The summed E-state index contributed by atoms with van der Waals surface area (Å²) in [5.74, 6) is -0.317. The number of hydrogen-bond acceptors (Lipinski definition) is 3. The average molecular weight is 350 g/mol. The molecule has 1 aromatic carbocycles. The molecule has 0 aliphatic rings. The number of urea groups is 1. The number of aryl methyl sites for hydroxylation is 1. The Bertz CT molecular complexity index is 729. The van der Waals surface area contributed by atoms with E-state index in [1.54, 1.807) is 35.1 Å². The van der Waals surface area contributed by atoms with Crippen LogP contribution in [0.5, 0.6) is 0 Å². The molecule has 0 unspecified atom stereocenters. The summed E-state index contributed by atoms with van der Waals surface area (Å²) in [6.07, 6.45) is 2.44. The number of nitrogens with one attached hydrogen (secondary N) is 3. The van der Waals surface area contributed by atoms with Gasteiger partial charge in [0.25, 0.3) is 5.91 Å². The van der Waals surface area contributed by atoms with Gasteiger partial charge in [0.2, 0.25) is 0 Å². The Kier molecular flexibility index (Phi) is 6.20. The van der Waals surface area contributed by atoms with Crippen molar-refractivity contribution < 1.29 is 9.59 Å². The summed E-state index contributed by atoms with van der Waals surface area (Å²) in [6.45, 7) is 5.00. The van der Waals surface area contributed by atoms with Crippen LogP contribution in [0.3, 0.4) is 0 Å². The minimum absolute atomic E-state index is 0.187. The first-order valence-corrected chi connectivity index (χ1v) is 8.10. The second-order valence-corrected chi connectivity index (χ2v) is 5.53. The summed E-state index contributed by atoms with van der Waals surface area (Å²) in [4.78, 5) is 24.3. The number of halogens is 1. The number of hydrogen-bond donors (Lipinski definition) is 3. The third-order valence-electron chi connectivity index (χ3n) is 3.17. The summed E-state index contributed by atoms with van der Waals surface area (Å²) in [6, 6.07) is 6.32. The van der Waals surface area contributed by atoms with E-state index in [2.05, 4.69) is 21.0 Å². The van der Waals surface area contributed by atoms with Crippen molar-refractivity contribution in [3.63, 3.8) is 0 Å². The molecule has 0 bridgehead atoms. The minimum Gasteiger partial charge on any atom is -0.351 e. The number of anilines is 2. The molecule has 0 radical (unpaired) electrons. The fraction of sp³-hybridized carbons (Fsp3) is 0.312. The zero-order valence-electron chi connectivity index (χ0n) is 13.6. The zero-order chi connectivity index (χ0) is 17.5. The molecule has 0 spiro atoms. The lowest BCUT2D eigenvalue weighted by atomic mass is 10.3. The molecule has 8 heteroatoms. The molecule has 2 aromatic rings. The molecular formula is C16H20ClN5O2. The lowest BCUT2D eigenvalue weighted by Gasteiger charge is -2.08. The second-order valence-electron chi connectivity index (χ2n) is 5.09. The monoisotopic (exact) mass is 349 g/mol. The molecule has 24 heavy (non-hydrogen) atoms. The first-order valence-electron chi connectivity index (χ1n) is 7.72. The van der Waals surface area contributed by atoms with E-state index >= 15 is 0 Å². The first kappa shape index (κ1) is 17.8. The lowest BCUT2D eigenvalue weighted by Crippen LogP contribution is -2.27. The van der Waals surface area contributed by atoms with Crippen LogP contribution in [0.4, 0.5) is 16.2 Å². The van der Waals surface area contributed by atoms with Crippen LogP contribution < -0.4 is 16.0 Å². The van der Waals surface area contributed by atoms with Crippen LogP contribution in [-0.2, 0) is 6.54 Å². The van der Waals surface area contributed by atoms with Gasteiger partial charge in [0.05, 0.1) is 5.69 Å². The van der Waals surface area contributed by atoms with E-state index in [1.807, 2.05) is 13.8 Å². The van der Waals surface area contributed by atoms with Gasteiger partial charge in [-0.15, -0.1) is 0 Å². The van der Waals surface area contributed by atoms with Crippen molar-refractivity contribution >= 4 is 34.9 Å². The third kappa shape index (κ3) is 4.73. The Morgan fingerprint density at radius 2 is 2.04 bits per heavy atom. The van der Waals surface area contributed by atoms with Crippen LogP contribution in [0, 0.1) is 0 Å². The van der Waals surface area contributed by atoms with E-state index in [-0.39, 0.29) is 11.6 Å². The summed E-state index contributed by atoms with van der Waals surface area (Å²) in [5, 5.41) is 12.8. The lowest BCUT2D eigenvalue weighted by molar-refractivity contribution is 0.0948. The van der Waals surface area contributed by atoms with Crippen LogP contribution in [0.2, 0.25) is 5.02 Å². The van der Waals surface area contributed by atoms with E-state index in [4.69, 9.17) is 11.6 Å². The molecule has 0 saturated heterocycles. The Morgan fingerprint density at radius 3 is 2.71 bits per heavy atom. The molecule has 0 aliphatic carbocycles. The smallest absolute Gasteiger partial charge is 0.323 e. The van der Waals surface area contributed by atoms with E-state index < -0.39 is 6.03 Å². The van der Waals surface area contributed by atoms with Gasteiger partial charge in [-0.3, -0.25) is 9.48 Å². The van der Waals surface area contributed by atoms with E-state index in [0.717, 1.165) is 6.42 Å². The number of carbonyl (C=O) groups is 2. The number of amides is 3. The van der Waals surface area contributed by atoms with Gasteiger partial charge >= 0.3 is 6.03 Å². The van der Waals surface area contributed by atoms with Gasteiger partial charge in [0, 0.05) is 30.0 Å². The van der Waals surface area contributed by atoms with Gasteiger partial charge in [-0.2, -0.15) is 5.10 Å². The highest BCUT2D eigenvalue weighted by Gasteiger charge is 2.18. The van der Waals surface area contributed by atoms with E-state index in [9.17, 15) is 9.59 Å². The van der Waals surface area contributed by atoms with E-state index in [0.29, 0.717) is 29.5 Å². The predicted molar refractivity (Wildman–Crippen MR) is 94.6 cm³/mol. The highest BCUT2D eigenvalue weighted by Crippen LogP contribution is 2.17. The number of rotatable bonds is 6. The maximum atomic E-state index is 12.2. The van der Waals surface area contributed by atoms with Gasteiger partial charge < -0.3 is 16.0 Å². The maximum absolute atomic E-state index is 12.2. The molecule has 128 valence electrons. The van der Waals surface area contributed by atoms with E-state index in [1.165, 1.54) is 0 Å². The number of carbonyl (C=O) groups excluding carboxylic acids is 2. The Morgan fingerprint density at radius 1 is 1.25 bits per heavy atom. The molecule has 3 amide bonds. The number of aromatic nitrogens is 2. The van der Waals surface area contributed by atoms with Crippen LogP contribution >= 0.6 is 11.6 Å². The van der Waals surface area contributed by atoms with Gasteiger partial charge in [-0.1, -0.05) is 24.6 Å². The van der Waals surface area contributed by atoms with Crippen LogP contribution in [-0.4, -0.2) is 28.3 Å². The van der Waals surface area contributed by atoms with Crippen molar-refractivity contribution in [3.05, 3.63) is 41.2 Å². The van der Waals surface area contributed by atoms with Crippen molar-refractivity contribution in [2.45, 2.75) is 26.8 Å². The molecule has 3 N–H and O–H groups in total. The first-order chi connectivity index (χ1) is 11.5. The molecule has 7 nitrogen and oxygen atoms in total. The molecule has 0 aliphatic heterocycles. The Labute approximate surface area is 145 Å². The van der Waals surface area contributed by atoms with Crippen molar-refractivity contribution in [3.8, 4) is 0 Å². The van der Waals surface area contributed by atoms with Crippen molar-refractivity contribution in [1.29, 1.82) is 0 Å². The second kappa shape index (κ2) is 8.35. The quantitative estimate of drug-likeness (QED) is 0.747. The highest BCUT2D eigenvalue weighted by atomic mass is 35.5. The molecule has 0 atom stereocenters. The standard InChI is InChI=1S/C16H20ClN5O2/c1-3-8-18-15(23)14-13(10-22(4-2)21-14)20-16(24)19-12-7-5-6-11(17)9-12/h5-7,9-10H,3-4,8H2,1-2H3,(H,18,23)(H2,19,20,24). The summed E-state index contributed by atoms with van der Waals surface area (Å²) in [5.41, 5.74) is 1.09. The zero-order valence-corrected chi connectivity index (χ0v) is 14.4. The van der Waals surface area contributed by atoms with Crippen LogP contribution in [0.1, 0.15) is 30.8 Å².